The predicted molar refractivity (Wildman–Crippen MR) is 99.9 cm³/mol. The quantitative estimate of drug-likeness (QED) is 0.799. The van der Waals surface area contributed by atoms with Crippen LogP contribution in [0.5, 0.6) is 5.75 Å². The molecule has 4 nitrogen and oxygen atoms in total. The highest BCUT2D eigenvalue weighted by atomic mass is 19.1. The molecule has 27 heavy (non-hydrogen) atoms. The fourth-order valence-electron chi connectivity index (χ4n) is 5.02. The lowest BCUT2D eigenvalue weighted by atomic mass is 9.74. The number of hydrogen-bond donors (Lipinski definition) is 0. The van der Waals surface area contributed by atoms with Gasteiger partial charge in [-0.3, -0.25) is 9.88 Å². The lowest BCUT2D eigenvalue weighted by molar-refractivity contribution is -0.162. The number of aromatic nitrogens is 1. The number of nitrogens with zero attached hydrogens (tertiary/aromatic N) is 2. The Morgan fingerprint density at radius 1 is 1.22 bits per heavy atom. The molecule has 0 amide bonds. The molecule has 0 spiro atoms. The third-order valence-corrected chi connectivity index (χ3v) is 6.43. The maximum Gasteiger partial charge on any atom is 0.141 e. The van der Waals surface area contributed by atoms with E-state index in [2.05, 4.69) is 35.9 Å². The van der Waals surface area contributed by atoms with Gasteiger partial charge in [-0.25, -0.2) is 4.39 Å². The van der Waals surface area contributed by atoms with E-state index in [1.807, 2.05) is 12.1 Å². The van der Waals surface area contributed by atoms with Gasteiger partial charge in [0.1, 0.15) is 17.2 Å². The van der Waals surface area contributed by atoms with Gasteiger partial charge >= 0.3 is 0 Å². The number of halogens is 1. The van der Waals surface area contributed by atoms with Crippen LogP contribution in [0.25, 0.3) is 0 Å². The van der Waals surface area contributed by atoms with E-state index < -0.39 is 0 Å². The van der Waals surface area contributed by atoms with Gasteiger partial charge in [-0.15, -0.1) is 0 Å². The van der Waals surface area contributed by atoms with E-state index in [-0.39, 0.29) is 23.6 Å². The van der Waals surface area contributed by atoms with Gasteiger partial charge in [-0.05, 0) is 44.9 Å². The fraction of sp³-hybridized carbons (Fsp3) is 0.500. The van der Waals surface area contributed by atoms with E-state index in [0.717, 1.165) is 37.4 Å². The number of pyridine rings is 1. The third-order valence-electron chi connectivity index (χ3n) is 6.43. The topological polar surface area (TPSA) is 34.6 Å². The molecular formula is C22H25FN2O2. The Balaban J connectivity index is 1.40. The fourth-order valence-corrected chi connectivity index (χ4v) is 5.02. The number of benzene rings is 1. The molecule has 0 N–H and O–H groups in total. The zero-order chi connectivity index (χ0) is 18.6. The summed E-state index contributed by atoms with van der Waals surface area (Å²) in [5.41, 5.74) is 1.81. The summed E-state index contributed by atoms with van der Waals surface area (Å²) in [6, 6.07) is 11.9. The van der Waals surface area contributed by atoms with Crippen molar-refractivity contribution in [1.29, 1.82) is 0 Å². The maximum absolute atomic E-state index is 13.2. The minimum atomic E-state index is -0.290. The average Bonchev–Trinajstić information content (AvgIpc) is 3.04. The van der Waals surface area contributed by atoms with Gasteiger partial charge in [-0.1, -0.05) is 18.2 Å². The Kier molecular flexibility index (Phi) is 3.99. The number of hydrogen-bond acceptors (Lipinski definition) is 4. The van der Waals surface area contributed by atoms with Crippen molar-refractivity contribution in [1.82, 2.24) is 9.88 Å². The first-order chi connectivity index (χ1) is 13.0. The molecule has 5 rings (SSSR count). The Morgan fingerprint density at radius 2 is 2.07 bits per heavy atom. The van der Waals surface area contributed by atoms with Gasteiger partial charge in [0.15, 0.2) is 0 Å². The monoisotopic (exact) mass is 368 g/mol. The zero-order valence-corrected chi connectivity index (χ0v) is 15.8. The summed E-state index contributed by atoms with van der Waals surface area (Å²) >= 11 is 0. The first-order valence-corrected chi connectivity index (χ1v) is 9.79. The van der Waals surface area contributed by atoms with Crippen molar-refractivity contribution in [3.8, 4) is 5.75 Å². The van der Waals surface area contributed by atoms with Crippen LogP contribution in [0, 0.1) is 11.7 Å². The molecule has 1 aromatic heterocycles. The van der Waals surface area contributed by atoms with Crippen LogP contribution in [-0.2, 0) is 11.3 Å². The van der Waals surface area contributed by atoms with Crippen LogP contribution in [-0.4, -0.2) is 34.2 Å². The number of fused-ring (bicyclic) bond motifs is 4. The molecule has 4 heterocycles. The molecule has 142 valence electrons. The standard InChI is InChI=1S/C22H25FN2O2/c1-22(2)17-11-18-20(26-21(17)16-5-3-4-6-19(16)27-22)9-10-25(18)13-15-8-7-14(23)12-24-15/h3-8,12,17-18,20-21H,9-11,13H2,1-2H3/t17-,18-,20-,21+/m1/s1. The van der Waals surface area contributed by atoms with Crippen molar-refractivity contribution < 1.29 is 13.9 Å². The van der Waals surface area contributed by atoms with Crippen LogP contribution in [0.1, 0.15) is 44.1 Å². The second-order valence-electron chi connectivity index (χ2n) is 8.47. The van der Waals surface area contributed by atoms with Crippen LogP contribution in [0.2, 0.25) is 0 Å². The van der Waals surface area contributed by atoms with Crippen LogP contribution >= 0.6 is 0 Å². The molecule has 5 heteroatoms. The van der Waals surface area contributed by atoms with Crippen molar-refractivity contribution in [3.63, 3.8) is 0 Å². The van der Waals surface area contributed by atoms with Crippen LogP contribution < -0.4 is 4.74 Å². The molecule has 3 aliphatic heterocycles. The van der Waals surface area contributed by atoms with Gasteiger partial charge in [0, 0.05) is 30.6 Å². The van der Waals surface area contributed by atoms with E-state index in [4.69, 9.17) is 9.47 Å². The Labute approximate surface area is 159 Å². The number of likely N-dealkylation sites (tertiary alicyclic amines) is 1. The van der Waals surface area contributed by atoms with Crippen molar-refractivity contribution >= 4 is 0 Å². The average molecular weight is 368 g/mol. The lowest BCUT2D eigenvalue weighted by Gasteiger charge is -2.50. The van der Waals surface area contributed by atoms with E-state index in [1.54, 1.807) is 6.07 Å². The Morgan fingerprint density at radius 3 is 2.89 bits per heavy atom. The molecule has 4 atom stereocenters. The second kappa shape index (κ2) is 6.28. The molecular weight excluding hydrogens is 343 g/mol. The molecule has 3 aliphatic rings. The SMILES string of the molecule is CC1(C)Oc2ccccc2[C@@H]2O[C@@H]3CCN(Cc4ccc(F)cn4)[C@@H]3C[C@H]21. The Hall–Kier alpha value is -1.98. The minimum absolute atomic E-state index is 0.0927. The summed E-state index contributed by atoms with van der Waals surface area (Å²) in [5, 5.41) is 0. The first kappa shape index (κ1) is 17.1. The maximum atomic E-state index is 13.2. The highest BCUT2D eigenvalue weighted by Gasteiger charge is 2.52. The molecule has 0 bridgehead atoms. The number of para-hydroxylation sites is 1. The van der Waals surface area contributed by atoms with Crippen LogP contribution in [0.4, 0.5) is 4.39 Å². The van der Waals surface area contributed by atoms with E-state index in [9.17, 15) is 4.39 Å². The predicted octanol–water partition coefficient (Wildman–Crippen LogP) is 4.11. The van der Waals surface area contributed by atoms with E-state index in [0.29, 0.717) is 12.0 Å². The highest BCUT2D eigenvalue weighted by Crippen LogP contribution is 2.52. The van der Waals surface area contributed by atoms with Crippen molar-refractivity contribution in [2.45, 2.75) is 57.1 Å². The zero-order valence-electron chi connectivity index (χ0n) is 15.8. The van der Waals surface area contributed by atoms with Crippen molar-refractivity contribution in [2.75, 3.05) is 6.54 Å². The third kappa shape index (κ3) is 2.93. The summed E-state index contributed by atoms with van der Waals surface area (Å²) < 4.78 is 26.2. The number of ether oxygens (including phenoxy) is 2. The summed E-state index contributed by atoms with van der Waals surface area (Å²) in [6.07, 6.45) is 3.69. The summed E-state index contributed by atoms with van der Waals surface area (Å²) in [6.45, 7) is 6.06. The Bertz CT molecular complexity index is 838. The van der Waals surface area contributed by atoms with E-state index in [1.165, 1.54) is 17.8 Å². The smallest absolute Gasteiger partial charge is 0.141 e. The summed E-state index contributed by atoms with van der Waals surface area (Å²) in [7, 11) is 0. The molecule has 2 fully saturated rings. The van der Waals surface area contributed by atoms with Gasteiger partial charge in [-0.2, -0.15) is 0 Å². The summed E-state index contributed by atoms with van der Waals surface area (Å²) in [4.78, 5) is 6.68. The molecule has 1 aromatic carbocycles. The molecule has 0 saturated carbocycles. The van der Waals surface area contributed by atoms with E-state index >= 15 is 0 Å². The normalized spacial score (nSPS) is 31.5. The van der Waals surface area contributed by atoms with Gasteiger partial charge in [0.05, 0.1) is 24.1 Å². The highest BCUT2D eigenvalue weighted by molar-refractivity contribution is 5.39. The second-order valence-corrected chi connectivity index (χ2v) is 8.47. The van der Waals surface area contributed by atoms with Gasteiger partial charge in [0.2, 0.25) is 0 Å². The first-order valence-electron chi connectivity index (χ1n) is 9.79. The van der Waals surface area contributed by atoms with Crippen molar-refractivity contribution in [3.05, 3.63) is 59.7 Å². The van der Waals surface area contributed by atoms with Gasteiger partial charge in [0.25, 0.3) is 0 Å². The molecule has 2 aromatic rings. The molecule has 0 aliphatic carbocycles. The van der Waals surface area contributed by atoms with Crippen LogP contribution in [0.3, 0.4) is 0 Å². The lowest BCUT2D eigenvalue weighted by Crippen LogP contribution is -2.53. The van der Waals surface area contributed by atoms with Gasteiger partial charge < -0.3 is 9.47 Å². The largest absolute Gasteiger partial charge is 0.487 e. The minimum Gasteiger partial charge on any atom is -0.487 e. The van der Waals surface area contributed by atoms with Crippen molar-refractivity contribution in [2.24, 2.45) is 5.92 Å². The molecule has 0 radical (unpaired) electrons. The molecule has 0 unspecified atom stereocenters. The number of rotatable bonds is 2. The van der Waals surface area contributed by atoms with Crippen LogP contribution in [0.15, 0.2) is 42.6 Å². The summed E-state index contributed by atoms with van der Waals surface area (Å²) in [5.74, 6) is 0.963. The molecule has 2 saturated heterocycles.